The van der Waals surface area contributed by atoms with E-state index in [0.717, 1.165) is 25.2 Å². The van der Waals surface area contributed by atoms with E-state index in [2.05, 4.69) is 15.6 Å². The fraction of sp³-hybridized carbons (Fsp3) is 0.737. The zero-order valence-corrected chi connectivity index (χ0v) is 18.2. The fourth-order valence-corrected chi connectivity index (χ4v) is 3.67. The first-order chi connectivity index (χ1) is 13.0. The summed E-state index contributed by atoms with van der Waals surface area (Å²) in [5.74, 6) is 0.599. The molecule has 160 valence electrons. The van der Waals surface area contributed by atoms with E-state index in [1.54, 1.807) is 6.26 Å². The Morgan fingerprint density at radius 3 is 2.79 bits per heavy atom. The van der Waals surface area contributed by atoms with Gasteiger partial charge >= 0.3 is 6.18 Å². The van der Waals surface area contributed by atoms with Gasteiger partial charge in [-0.2, -0.15) is 13.2 Å². The third-order valence-corrected chi connectivity index (χ3v) is 5.25. The van der Waals surface area contributed by atoms with Gasteiger partial charge in [0.15, 0.2) is 5.96 Å². The zero-order valence-electron chi connectivity index (χ0n) is 15.8. The van der Waals surface area contributed by atoms with Crippen molar-refractivity contribution < 1.29 is 22.3 Å². The number of ether oxygens (including phenoxy) is 1. The summed E-state index contributed by atoms with van der Waals surface area (Å²) in [6.45, 7) is 2.68. The highest BCUT2D eigenvalue weighted by molar-refractivity contribution is 14.0. The molecule has 1 aliphatic heterocycles. The van der Waals surface area contributed by atoms with Gasteiger partial charge in [0.25, 0.3) is 0 Å². The minimum absolute atomic E-state index is 0. The number of rotatable bonds is 6. The molecule has 2 heterocycles. The van der Waals surface area contributed by atoms with Crippen LogP contribution < -0.4 is 10.6 Å². The normalized spacial score (nSPS) is 26.0. The van der Waals surface area contributed by atoms with Crippen molar-refractivity contribution in [2.75, 3.05) is 26.3 Å². The molecule has 0 spiro atoms. The van der Waals surface area contributed by atoms with Gasteiger partial charge in [-0.25, -0.2) is 0 Å². The van der Waals surface area contributed by atoms with E-state index in [-0.39, 0.29) is 42.9 Å². The second kappa shape index (κ2) is 11.3. The topological polar surface area (TPSA) is 58.8 Å². The Bertz CT molecular complexity index is 590. The highest BCUT2D eigenvalue weighted by Crippen LogP contribution is 2.37. The monoisotopic (exact) mass is 515 g/mol. The lowest BCUT2D eigenvalue weighted by Gasteiger charge is -2.32. The van der Waals surface area contributed by atoms with Crippen LogP contribution in [0, 0.1) is 11.8 Å². The van der Waals surface area contributed by atoms with Crippen LogP contribution in [0.1, 0.15) is 37.9 Å². The Balaban J connectivity index is 0.00000280. The van der Waals surface area contributed by atoms with Gasteiger partial charge in [0.1, 0.15) is 5.76 Å². The summed E-state index contributed by atoms with van der Waals surface area (Å²) in [7, 11) is 0. The van der Waals surface area contributed by atoms with E-state index in [0.29, 0.717) is 44.4 Å². The van der Waals surface area contributed by atoms with Crippen LogP contribution in [0.15, 0.2) is 27.8 Å². The van der Waals surface area contributed by atoms with Crippen molar-refractivity contribution in [1.82, 2.24) is 10.6 Å². The lowest BCUT2D eigenvalue weighted by atomic mass is 9.85. The maximum atomic E-state index is 13.1. The minimum Gasteiger partial charge on any atom is -0.469 e. The molecule has 2 aliphatic rings. The largest absolute Gasteiger partial charge is 0.469 e. The number of furan rings is 1. The molecule has 28 heavy (non-hydrogen) atoms. The van der Waals surface area contributed by atoms with Gasteiger partial charge in [-0.1, -0.05) is 6.42 Å². The molecule has 3 atom stereocenters. The van der Waals surface area contributed by atoms with E-state index in [1.807, 2.05) is 12.1 Å². The van der Waals surface area contributed by atoms with Gasteiger partial charge in [0.05, 0.1) is 18.8 Å². The van der Waals surface area contributed by atoms with Crippen LogP contribution >= 0.6 is 24.0 Å². The van der Waals surface area contributed by atoms with Crippen molar-refractivity contribution in [3.05, 3.63) is 24.2 Å². The quantitative estimate of drug-likeness (QED) is 0.340. The number of nitrogens with one attached hydrogen (secondary N) is 2. The molecule has 1 aromatic heterocycles. The van der Waals surface area contributed by atoms with Crippen LogP contribution in [0.3, 0.4) is 0 Å². The molecule has 1 aromatic rings. The third kappa shape index (κ3) is 7.46. The molecule has 2 N–H and O–H groups in total. The minimum atomic E-state index is -4.12. The Kier molecular flexibility index (Phi) is 9.39. The van der Waals surface area contributed by atoms with Gasteiger partial charge in [0, 0.05) is 38.1 Å². The average molecular weight is 515 g/mol. The Morgan fingerprint density at radius 1 is 1.25 bits per heavy atom. The molecule has 1 saturated heterocycles. The van der Waals surface area contributed by atoms with Crippen molar-refractivity contribution >= 4 is 29.9 Å². The molecule has 5 nitrogen and oxygen atoms in total. The number of halogens is 4. The Hall–Kier alpha value is -0.970. The van der Waals surface area contributed by atoms with Crippen molar-refractivity contribution in [2.45, 2.75) is 50.7 Å². The summed E-state index contributed by atoms with van der Waals surface area (Å²) in [5, 5.41) is 6.47. The van der Waals surface area contributed by atoms with Gasteiger partial charge in [-0.05, 0) is 37.8 Å². The molecule has 0 amide bonds. The van der Waals surface area contributed by atoms with Gasteiger partial charge in [0.2, 0.25) is 0 Å². The summed E-state index contributed by atoms with van der Waals surface area (Å²) in [4.78, 5) is 4.61. The van der Waals surface area contributed by atoms with Crippen LogP contribution in [0.2, 0.25) is 0 Å². The molecule has 2 fully saturated rings. The van der Waals surface area contributed by atoms with Crippen molar-refractivity contribution in [2.24, 2.45) is 16.8 Å². The molecule has 1 aliphatic carbocycles. The van der Waals surface area contributed by atoms with E-state index in [4.69, 9.17) is 9.15 Å². The summed E-state index contributed by atoms with van der Waals surface area (Å²) in [6.07, 6.45) is 0.816. The zero-order chi connectivity index (χ0) is 19.1. The van der Waals surface area contributed by atoms with Crippen LogP contribution in [0.4, 0.5) is 13.2 Å². The maximum Gasteiger partial charge on any atom is 0.391 e. The highest BCUT2D eigenvalue weighted by atomic mass is 127. The summed E-state index contributed by atoms with van der Waals surface area (Å²) < 4.78 is 49.9. The van der Waals surface area contributed by atoms with Crippen molar-refractivity contribution in [3.8, 4) is 0 Å². The Morgan fingerprint density at radius 2 is 2.11 bits per heavy atom. The summed E-state index contributed by atoms with van der Waals surface area (Å²) >= 11 is 0. The maximum absolute atomic E-state index is 13.1. The summed E-state index contributed by atoms with van der Waals surface area (Å²) in [6, 6.07) is 3.53. The van der Waals surface area contributed by atoms with Crippen LogP contribution in [0.25, 0.3) is 0 Å². The van der Waals surface area contributed by atoms with Crippen molar-refractivity contribution in [3.63, 3.8) is 0 Å². The molecule has 3 unspecified atom stereocenters. The number of alkyl halides is 3. The molecule has 0 radical (unpaired) electrons. The first-order valence-corrected chi connectivity index (χ1v) is 9.72. The molecule has 9 heteroatoms. The highest BCUT2D eigenvalue weighted by Gasteiger charge is 2.42. The summed E-state index contributed by atoms with van der Waals surface area (Å²) in [5.41, 5.74) is 0. The predicted octanol–water partition coefficient (Wildman–Crippen LogP) is 4.13. The number of hydrogen-bond donors (Lipinski definition) is 2. The number of nitrogens with zero attached hydrogens (tertiary/aromatic N) is 1. The van der Waals surface area contributed by atoms with Crippen LogP contribution in [-0.4, -0.2) is 44.5 Å². The number of guanidine groups is 1. The second-order valence-corrected chi connectivity index (χ2v) is 7.42. The number of hydrogen-bond acceptors (Lipinski definition) is 3. The predicted molar refractivity (Wildman–Crippen MR) is 112 cm³/mol. The second-order valence-electron chi connectivity index (χ2n) is 7.42. The molecular formula is C19H29F3IN3O2. The van der Waals surface area contributed by atoms with Gasteiger partial charge in [-0.15, -0.1) is 24.0 Å². The standard InChI is InChI=1S/C19H28F3N3O2.HI/c20-19(21,22)15-3-1-4-16(11-15)25-18(24-12-14-7-10-26-13-14)23-8-6-17-5-2-9-27-17;/h2,5,9,14-16H,1,3-4,6-8,10-13H2,(H2,23,24,25);1H. The van der Waals surface area contributed by atoms with E-state index >= 15 is 0 Å². The van der Waals surface area contributed by atoms with Crippen LogP contribution in [-0.2, 0) is 11.2 Å². The van der Waals surface area contributed by atoms with E-state index < -0.39 is 12.1 Å². The van der Waals surface area contributed by atoms with Crippen LogP contribution in [0.5, 0.6) is 0 Å². The molecular weight excluding hydrogens is 486 g/mol. The first kappa shape index (κ1) is 23.3. The Labute approximate surface area is 180 Å². The molecule has 0 aromatic carbocycles. The third-order valence-electron chi connectivity index (χ3n) is 5.25. The lowest BCUT2D eigenvalue weighted by Crippen LogP contribution is -2.47. The fourth-order valence-electron chi connectivity index (χ4n) is 3.67. The lowest BCUT2D eigenvalue weighted by molar-refractivity contribution is -0.183. The SMILES string of the molecule is FC(F)(F)C1CCCC(NC(=NCC2CCOC2)NCCc2ccco2)C1.I. The van der Waals surface area contributed by atoms with Gasteiger partial charge < -0.3 is 19.8 Å². The molecule has 3 rings (SSSR count). The number of aliphatic imine (C=N–C) groups is 1. The molecule has 0 bridgehead atoms. The van der Waals surface area contributed by atoms with E-state index in [1.165, 1.54) is 0 Å². The smallest absolute Gasteiger partial charge is 0.391 e. The van der Waals surface area contributed by atoms with Gasteiger partial charge in [-0.3, -0.25) is 4.99 Å². The van der Waals surface area contributed by atoms with E-state index in [9.17, 15) is 13.2 Å². The average Bonchev–Trinajstić information content (AvgIpc) is 3.33. The molecule has 1 saturated carbocycles. The first-order valence-electron chi connectivity index (χ1n) is 9.72. The van der Waals surface area contributed by atoms with Crippen molar-refractivity contribution in [1.29, 1.82) is 0 Å².